The number of aryl methyl sites for hydroxylation is 1. The number of carbonyl (C=O) groups is 2. The number of primary amides is 1. The second-order valence-corrected chi connectivity index (χ2v) is 3.53. The first-order valence-electron chi connectivity index (χ1n) is 5.11. The highest BCUT2D eigenvalue weighted by Gasteiger charge is 2.09. The lowest BCUT2D eigenvalue weighted by atomic mass is 10.0. The summed E-state index contributed by atoms with van der Waals surface area (Å²) in [5, 5.41) is 0. The molecule has 1 rings (SSSR count). The minimum atomic E-state index is -0.443. The van der Waals surface area contributed by atoms with E-state index < -0.39 is 11.9 Å². The summed E-state index contributed by atoms with van der Waals surface area (Å²) in [6.45, 7) is 3.33. The number of hydrogen-bond donors (Lipinski definition) is 1. The Balaban J connectivity index is 3.05. The smallest absolute Gasteiger partial charge is 0.308 e. The van der Waals surface area contributed by atoms with Crippen LogP contribution in [0.15, 0.2) is 18.2 Å². The van der Waals surface area contributed by atoms with Crippen LogP contribution in [0.2, 0.25) is 0 Å². The van der Waals surface area contributed by atoms with Crippen molar-refractivity contribution in [2.45, 2.75) is 26.7 Å². The van der Waals surface area contributed by atoms with Gasteiger partial charge in [-0.15, -0.1) is 0 Å². The topological polar surface area (TPSA) is 69.4 Å². The molecule has 1 aromatic carbocycles. The van der Waals surface area contributed by atoms with Crippen LogP contribution in [0.4, 0.5) is 0 Å². The molecule has 0 fully saturated rings. The Labute approximate surface area is 94.4 Å². The second kappa shape index (κ2) is 5.30. The maximum absolute atomic E-state index is 10.9. The average molecular weight is 221 g/mol. The van der Waals surface area contributed by atoms with Crippen LogP contribution in [-0.2, 0) is 22.4 Å². The molecule has 4 nitrogen and oxygen atoms in total. The van der Waals surface area contributed by atoms with E-state index in [9.17, 15) is 9.59 Å². The molecule has 0 aliphatic carbocycles. The van der Waals surface area contributed by atoms with Crippen molar-refractivity contribution in [1.29, 1.82) is 0 Å². The molecule has 1 amide bonds. The number of hydrogen-bond acceptors (Lipinski definition) is 3. The van der Waals surface area contributed by atoms with Crippen LogP contribution < -0.4 is 10.5 Å². The predicted octanol–water partition coefficient (Wildman–Crippen LogP) is 1.20. The Morgan fingerprint density at radius 2 is 2.06 bits per heavy atom. The van der Waals surface area contributed by atoms with E-state index in [-0.39, 0.29) is 6.42 Å². The van der Waals surface area contributed by atoms with E-state index in [1.165, 1.54) is 6.92 Å². The molecule has 16 heavy (non-hydrogen) atoms. The van der Waals surface area contributed by atoms with Gasteiger partial charge >= 0.3 is 5.97 Å². The molecule has 0 spiro atoms. The molecule has 4 heteroatoms. The quantitative estimate of drug-likeness (QED) is 0.613. The van der Waals surface area contributed by atoms with Crippen molar-refractivity contribution in [2.24, 2.45) is 5.73 Å². The highest BCUT2D eigenvalue weighted by atomic mass is 16.5. The van der Waals surface area contributed by atoms with Crippen molar-refractivity contribution < 1.29 is 14.3 Å². The third kappa shape index (κ3) is 3.38. The number of benzene rings is 1. The zero-order chi connectivity index (χ0) is 12.1. The molecule has 0 bridgehead atoms. The molecule has 0 heterocycles. The van der Waals surface area contributed by atoms with Crippen molar-refractivity contribution in [3.8, 4) is 5.75 Å². The fraction of sp³-hybridized carbons (Fsp3) is 0.333. The number of carbonyl (C=O) groups excluding carboxylic acids is 2. The number of nitrogens with two attached hydrogens (primary N) is 1. The van der Waals surface area contributed by atoms with Gasteiger partial charge in [0.15, 0.2) is 0 Å². The third-order valence-electron chi connectivity index (χ3n) is 2.15. The van der Waals surface area contributed by atoms with Gasteiger partial charge in [0, 0.05) is 12.5 Å². The maximum Gasteiger partial charge on any atom is 0.308 e. The normalized spacial score (nSPS) is 9.88. The van der Waals surface area contributed by atoms with Gasteiger partial charge in [0.2, 0.25) is 5.91 Å². The molecule has 0 unspecified atom stereocenters. The zero-order valence-corrected chi connectivity index (χ0v) is 9.45. The number of esters is 1. The van der Waals surface area contributed by atoms with Gasteiger partial charge in [-0.3, -0.25) is 9.59 Å². The third-order valence-corrected chi connectivity index (χ3v) is 2.15. The summed E-state index contributed by atoms with van der Waals surface area (Å²) in [6.07, 6.45) is 0.933. The van der Waals surface area contributed by atoms with E-state index in [0.717, 1.165) is 12.0 Å². The Morgan fingerprint density at radius 1 is 1.38 bits per heavy atom. The fourth-order valence-corrected chi connectivity index (χ4v) is 1.43. The minimum Gasteiger partial charge on any atom is -0.426 e. The number of rotatable bonds is 4. The lowest BCUT2D eigenvalue weighted by Gasteiger charge is -2.09. The standard InChI is InChI=1S/C12H15NO3/c1-3-9-4-5-11(16-8(2)14)10(6-9)7-12(13)15/h4-6H,3,7H2,1-2H3,(H2,13,15). The molecule has 0 radical (unpaired) electrons. The first kappa shape index (κ1) is 12.2. The Hall–Kier alpha value is -1.84. The first-order valence-corrected chi connectivity index (χ1v) is 5.11. The highest BCUT2D eigenvalue weighted by Crippen LogP contribution is 2.21. The van der Waals surface area contributed by atoms with Gasteiger partial charge in [-0.2, -0.15) is 0 Å². The molecule has 0 saturated heterocycles. The molecule has 0 aliphatic rings. The molecule has 0 aromatic heterocycles. The molecule has 1 aromatic rings. The summed E-state index contributed by atoms with van der Waals surface area (Å²) in [5.41, 5.74) is 6.87. The highest BCUT2D eigenvalue weighted by molar-refractivity contribution is 5.78. The van der Waals surface area contributed by atoms with Crippen LogP contribution >= 0.6 is 0 Å². The maximum atomic E-state index is 10.9. The summed E-state index contributed by atoms with van der Waals surface area (Å²) in [4.78, 5) is 21.8. The van der Waals surface area contributed by atoms with Crippen molar-refractivity contribution in [3.05, 3.63) is 29.3 Å². The average Bonchev–Trinajstić information content (AvgIpc) is 2.19. The molecule has 0 aliphatic heterocycles. The summed E-state index contributed by atoms with van der Waals surface area (Å²) >= 11 is 0. The Kier molecular flexibility index (Phi) is 4.05. The largest absolute Gasteiger partial charge is 0.426 e. The van der Waals surface area contributed by atoms with E-state index in [1.807, 2.05) is 19.1 Å². The van der Waals surface area contributed by atoms with Gasteiger partial charge in [0.25, 0.3) is 0 Å². The summed E-state index contributed by atoms with van der Waals surface area (Å²) in [5.74, 6) is -0.444. The van der Waals surface area contributed by atoms with Gasteiger partial charge in [-0.05, 0) is 18.1 Å². The lowest BCUT2D eigenvalue weighted by molar-refractivity contribution is -0.132. The summed E-state index contributed by atoms with van der Waals surface area (Å²) in [6, 6.07) is 5.39. The predicted molar refractivity (Wildman–Crippen MR) is 60.0 cm³/mol. The van der Waals surface area contributed by atoms with E-state index in [0.29, 0.717) is 11.3 Å². The van der Waals surface area contributed by atoms with Crippen LogP contribution in [0.5, 0.6) is 5.75 Å². The minimum absolute atomic E-state index is 0.0798. The van der Waals surface area contributed by atoms with Crippen LogP contribution in [0.3, 0.4) is 0 Å². The van der Waals surface area contributed by atoms with Crippen molar-refractivity contribution in [1.82, 2.24) is 0 Å². The number of amides is 1. The van der Waals surface area contributed by atoms with Crippen LogP contribution in [-0.4, -0.2) is 11.9 Å². The van der Waals surface area contributed by atoms with E-state index in [4.69, 9.17) is 10.5 Å². The van der Waals surface area contributed by atoms with Gasteiger partial charge in [-0.25, -0.2) is 0 Å². The summed E-state index contributed by atoms with van der Waals surface area (Å²) in [7, 11) is 0. The van der Waals surface area contributed by atoms with E-state index >= 15 is 0 Å². The zero-order valence-electron chi connectivity index (χ0n) is 9.45. The number of ether oxygens (including phenoxy) is 1. The van der Waals surface area contributed by atoms with Crippen molar-refractivity contribution in [2.75, 3.05) is 0 Å². The van der Waals surface area contributed by atoms with E-state index in [1.54, 1.807) is 6.07 Å². The van der Waals surface area contributed by atoms with E-state index in [2.05, 4.69) is 0 Å². The molecule has 0 saturated carbocycles. The Morgan fingerprint density at radius 3 is 2.56 bits per heavy atom. The van der Waals surface area contributed by atoms with Crippen LogP contribution in [0.25, 0.3) is 0 Å². The fourth-order valence-electron chi connectivity index (χ4n) is 1.43. The molecular weight excluding hydrogens is 206 g/mol. The second-order valence-electron chi connectivity index (χ2n) is 3.53. The summed E-state index contributed by atoms with van der Waals surface area (Å²) < 4.78 is 5.00. The van der Waals surface area contributed by atoms with Gasteiger partial charge in [0.1, 0.15) is 5.75 Å². The molecule has 2 N–H and O–H groups in total. The molecular formula is C12H15NO3. The van der Waals surface area contributed by atoms with Gasteiger partial charge in [-0.1, -0.05) is 19.1 Å². The molecule has 0 atom stereocenters. The molecule has 86 valence electrons. The van der Waals surface area contributed by atoms with Crippen molar-refractivity contribution >= 4 is 11.9 Å². The van der Waals surface area contributed by atoms with Gasteiger partial charge in [0.05, 0.1) is 6.42 Å². The van der Waals surface area contributed by atoms with Crippen LogP contribution in [0, 0.1) is 0 Å². The van der Waals surface area contributed by atoms with Crippen LogP contribution in [0.1, 0.15) is 25.0 Å². The van der Waals surface area contributed by atoms with Gasteiger partial charge < -0.3 is 10.5 Å². The lowest BCUT2D eigenvalue weighted by Crippen LogP contribution is -2.15. The monoisotopic (exact) mass is 221 g/mol. The SMILES string of the molecule is CCc1ccc(OC(C)=O)c(CC(N)=O)c1. The first-order chi connectivity index (χ1) is 7.52. The Bertz CT molecular complexity index is 413. The van der Waals surface area contributed by atoms with Crippen molar-refractivity contribution in [3.63, 3.8) is 0 Å².